The highest BCUT2D eigenvalue weighted by molar-refractivity contribution is 6.74. The van der Waals surface area contributed by atoms with Crippen LogP contribution in [-0.4, -0.2) is 193 Å². The Morgan fingerprint density at radius 1 is 0.922 bits per heavy atom. The van der Waals surface area contributed by atoms with Crippen LogP contribution in [0.15, 0.2) is 30.3 Å². The smallest absolute Gasteiger partial charge is 0.308 e. The maximum Gasteiger partial charge on any atom is 0.308 e. The summed E-state index contributed by atoms with van der Waals surface area (Å²) in [6, 6.07) is 9.76. The van der Waals surface area contributed by atoms with E-state index in [1.165, 1.54) is 12.7 Å². The fourth-order valence-electron chi connectivity index (χ4n) is 10.9. The highest BCUT2D eigenvalue weighted by Gasteiger charge is 2.55. The lowest BCUT2D eigenvalue weighted by Crippen LogP contribution is -2.66. The van der Waals surface area contributed by atoms with Gasteiger partial charge in [0.2, 0.25) is 0 Å². The number of rotatable bonds is 22. The Balaban J connectivity index is 1.75. The number of benzene rings is 1. The van der Waals surface area contributed by atoms with Gasteiger partial charge in [0.1, 0.15) is 24.4 Å². The number of cyclic esters (lactones) is 1. The molecular weight excluding hydrogens is 1010 g/mol. The van der Waals surface area contributed by atoms with Crippen molar-refractivity contribution in [3.63, 3.8) is 0 Å². The van der Waals surface area contributed by atoms with Crippen molar-refractivity contribution < 1.29 is 76.4 Å². The van der Waals surface area contributed by atoms with Crippen molar-refractivity contribution in [2.24, 2.45) is 11.8 Å². The molecule has 3 aliphatic heterocycles. The van der Waals surface area contributed by atoms with Crippen LogP contribution in [0.2, 0.25) is 18.1 Å². The molecule has 16 atom stereocenters. The number of aryl methyl sites for hydroxylation is 1. The monoisotopic (exact) mass is 1110 g/mol. The standard InChI is InChI=1S/C58H102N2O16Si/c1-18-25-46(63)72-55-40(6)70-49(35-58(55,10)75-45(62)19-2)73-52-39(5)71-56(51(65)50(52)59(11)12)74-53-42(33-48(66-13)67-14)32-37(3)44(76-77(16,17)57(7,8)9)36-60(30-24-23-28-41-26-21-20-22-27-41)31-29-38(4)69-47(64)34-43(61)54(53)68-15/h20-22,26-27,37-40,42-44,48-56,61,65H,18-19,23-25,28-36H2,1-17H3/t37-,38-,39-,40+,42-,43-,44+,49+,50-,51-,52-,53+,54+,55+,56+,58-/m1/s1. The Morgan fingerprint density at radius 3 is 2.19 bits per heavy atom. The Bertz CT molecular complexity index is 1910. The van der Waals surface area contributed by atoms with Crippen LogP contribution in [0, 0.1) is 11.8 Å². The van der Waals surface area contributed by atoms with Gasteiger partial charge in [-0.3, -0.25) is 14.4 Å². The number of nitrogens with zero attached hydrogens (tertiary/aromatic N) is 2. The van der Waals surface area contributed by atoms with Gasteiger partial charge in [0.15, 0.2) is 38.9 Å². The zero-order valence-electron chi connectivity index (χ0n) is 50.0. The molecule has 0 radical (unpaired) electrons. The van der Waals surface area contributed by atoms with Crippen LogP contribution in [-0.2, 0) is 72.6 Å². The molecule has 0 unspecified atom stereocenters. The summed E-state index contributed by atoms with van der Waals surface area (Å²) in [5, 5.41) is 24.7. The number of unbranched alkanes of at least 4 members (excludes halogenated alkanes) is 1. The van der Waals surface area contributed by atoms with Crippen LogP contribution in [0.4, 0.5) is 0 Å². The number of likely N-dealkylation sites (N-methyl/N-ethyl adjacent to an activating group) is 1. The lowest BCUT2D eigenvalue weighted by Gasteiger charge is -2.51. The third kappa shape index (κ3) is 19.5. The summed E-state index contributed by atoms with van der Waals surface area (Å²) in [6.07, 6.45) is -6.96. The molecule has 444 valence electrons. The minimum absolute atomic E-state index is 0.0232. The van der Waals surface area contributed by atoms with E-state index < -0.39 is 118 Å². The largest absolute Gasteiger partial charge is 0.463 e. The van der Waals surface area contributed by atoms with E-state index in [1.54, 1.807) is 35.0 Å². The Labute approximate surface area is 463 Å². The van der Waals surface area contributed by atoms with Crippen LogP contribution in [0.5, 0.6) is 0 Å². The SMILES string of the molecule is CCCC(=O)O[C@H]1[C@H](C)O[C@@H](O[C@H]2[C@H](N(C)C)[C@@H](O)[C@H](O[C@H]3[C@@H](CC(OC)OC)C[C@@H](C)[C@@H](O[Si](C)(C)C(C)(C)C)CN(CCCCc4ccccc4)CC[C@@H](C)OC(=O)C[C@@H](O)[C@@H]3OC)O[C@@H]2C)C[C@@]1(C)OC(=O)CC. The third-order valence-corrected chi connectivity index (χ3v) is 20.8. The molecule has 2 N–H and O–H groups in total. The van der Waals surface area contributed by atoms with Crippen LogP contribution in [0.1, 0.15) is 139 Å². The molecule has 0 bridgehead atoms. The van der Waals surface area contributed by atoms with Crippen molar-refractivity contribution in [3.05, 3.63) is 35.9 Å². The molecule has 3 aliphatic rings. The number of ether oxygens (including phenoxy) is 10. The predicted molar refractivity (Wildman–Crippen MR) is 295 cm³/mol. The van der Waals surface area contributed by atoms with Crippen LogP contribution in [0.3, 0.4) is 0 Å². The molecule has 4 rings (SSSR count). The first-order valence-electron chi connectivity index (χ1n) is 28.5. The molecule has 1 aromatic carbocycles. The maximum absolute atomic E-state index is 13.8. The summed E-state index contributed by atoms with van der Waals surface area (Å²) in [4.78, 5) is 43.8. The lowest BCUT2D eigenvalue weighted by molar-refractivity contribution is -0.345. The fraction of sp³-hybridized carbons (Fsp3) is 0.845. The highest BCUT2D eigenvalue weighted by Crippen LogP contribution is 2.42. The van der Waals surface area contributed by atoms with Crippen molar-refractivity contribution in [2.45, 2.75) is 250 Å². The van der Waals surface area contributed by atoms with Crippen LogP contribution < -0.4 is 0 Å². The molecule has 1 aromatic rings. The van der Waals surface area contributed by atoms with Crippen LogP contribution >= 0.6 is 0 Å². The van der Waals surface area contributed by atoms with E-state index in [2.05, 4.69) is 70.0 Å². The Kier molecular flexibility index (Phi) is 26.9. The third-order valence-electron chi connectivity index (χ3n) is 16.3. The van der Waals surface area contributed by atoms with E-state index in [0.717, 1.165) is 25.8 Å². The lowest BCUT2D eigenvalue weighted by atomic mass is 9.82. The van der Waals surface area contributed by atoms with Crippen molar-refractivity contribution in [1.82, 2.24) is 9.80 Å². The van der Waals surface area contributed by atoms with Gasteiger partial charge in [-0.1, -0.05) is 71.9 Å². The average Bonchev–Trinajstić information content (AvgIpc) is 3.35. The number of aliphatic hydroxyl groups excluding tert-OH is 2. The molecule has 0 amide bonds. The zero-order chi connectivity index (χ0) is 57.4. The highest BCUT2D eigenvalue weighted by atomic mass is 28.4. The summed E-state index contributed by atoms with van der Waals surface area (Å²) in [7, 11) is 5.86. The van der Waals surface area contributed by atoms with Gasteiger partial charge in [-0.15, -0.1) is 0 Å². The van der Waals surface area contributed by atoms with E-state index in [0.29, 0.717) is 32.4 Å². The minimum Gasteiger partial charge on any atom is -0.463 e. The summed E-state index contributed by atoms with van der Waals surface area (Å²) in [5.41, 5.74) is 0.00513. The van der Waals surface area contributed by atoms with E-state index in [-0.39, 0.29) is 49.2 Å². The van der Waals surface area contributed by atoms with Crippen molar-refractivity contribution in [2.75, 3.05) is 55.1 Å². The first kappa shape index (κ1) is 66.9. The first-order valence-corrected chi connectivity index (χ1v) is 31.4. The van der Waals surface area contributed by atoms with Crippen molar-refractivity contribution >= 4 is 26.2 Å². The van der Waals surface area contributed by atoms with Crippen molar-refractivity contribution in [1.29, 1.82) is 0 Å². The van der Waals surface area contributed by atoms with Gasteiger partial charge in [-0.2, -0.15) is 0 Å². The Morgan fingerprint density at radius 2 is 1.60 bits per heavy atom. The van der Waals surface area contributed by atoms with E-state index in [4.69, 9.17) is 51.8 Å². The average molecular weight is 1110 g/mol. The second-order valence-corrected chi connectivity index (χ2v) is 28.7. The van der Waals surface area contributed by atoms with Gasteiger partial charge in [0, 0.05) is 60.1 Å². The van der Waals surface area contributed by atoms with Gasteiger partial charge in [-0.25, -0.2) is 0 Å². The second kappa shape index (κ2) is 31.0. The number of hydrogen-bond acceptors (Lipinski definition) is 18. The van der Waals surface area contributed by atoms with Gasteiger partial charge in [-0.05, 0) is 122 Å². The van der Waals surface area contributed by atoms with Gasteiger partial charge >= 0.3 is 17.9 Å². The van der Waals surface area contributed by atoms with Crippen LogP contribution in [0.25, 0.3) is 0 Å². The molecule has 19 heteroatoms. The number of carbonyl (C=O) groups is 3. The zero-order valence-corrected chi connectivity index (χ0v) is 51.0. The first-order chi connectivity index (χ1) is 36.2. The maximum atomic E-state index is 13.8. The number of carbonyl (C=O) groups excluding carboxylic acids is 3. The predicted octanol–water partition coefficient (Wildman–Crippen LogP) is 7.82. The molecule has 77 heavy (non-hydrogen) atoms. The van der Waals surface area contributed by atoms with E-state index >= 15 is 0 Å². The second-order valence-electron chi connectivity index (χ2n) is 24.0. The Hall–Kier alpha value is -2.63. The fourth-order valence-corrected chi connectivity index (χ4v) is 12.3. The van der Waals surface area contributed by atoms with Crippen molar-refractivity contribution in [3.8, 4) is 0 Å². The summed E-state index contributed by atoms with van der Waals surface area (Å²) in [6.45, 7) is 26.4. The molecule has 3 heterocycles. The quantitative estimate of drug-likeness (QED) is 0.0374. The number of aliphatic hydroxyl groups is 2. The van der Waals surface area contributed by atoms with Gasteiger partial charge in [0.05, 0.1) is 43.0 Å². The molecule has 3 fully saturated rings. The van der Waals surface area contributed by atoms with Gasteiger partial charge in [0.25, 0.3) is 0 Å². The minimum atomic E-state index is -2.39. The molecule has 0 saturated carbocycles. The number of hydrogen-bond donors (Lipinski definition) is 2. The van der Waals surface area contributed by atoms with Gasteiger partial charge < -0.3 is 71.8 Å². The molecule has 0 spiro atoms. The summed E-state index contributed by atoms with van der Waals surface area (Å²) < 4.78 is 70.3. The molecule has 3 saturated heterocycles. The normalized spacial score (nSPS) is 33.8. The topological polar surface area (TPSA) is 200 Å². The summed E-state index contributed by atoms with van der Waals surface area (Å²) >= 11 is 0. The number of methoxy groups -OCH3 is 3. The summed E-state index contributed by atoms with van der Waals surface area (Å²) in [5.74, 6) is -2.07. The molecular formula is C58H102N2O16Si. The van der Waals surface area contributed by atoms with E-state index in [1.807, 2.05) is 45.8 Å². The molecule has 0 aliphatic carbocycles. The molecule has 18 nitrogen and oxygen atoms in total. The molecule has 0 aromatic heterocycles. The van der Waals surface area contributed by atoms with E-state index in [9.17, 15) is 24.6 Å². The number of esters is 3.